The molecule has 4 rings (SSSR count). The molecule has 5 nitrogen and oxygen atoms in total. The van der Waals surface area contributed by atoms with Crippen LogP contribution >= 0.6 is 0 Å². The van der Waals surface area contributed by atoms with Gasteiger partial charge < -0.3 is 14.2 Å². The molecule has 5 heteroatoms. The van der Waals surface area contributed by atoms with Gasteiger partial charge in [-0.1, -0.05) is 134 Å². The van der Waals surface area contributed by atoms with E-state index >= 15 is 0 Å². The highest BCUT2D eigenvalue weighted by Crippen LogP contribution is 2.38. The topological polar surface area (TPSA) is 61.8 Å². The normalized spacial score (nSPS) is 11.3. The van der Waals surface area contributed by atoms with Crippen LogP contribution < -0.4 is 0 Å². The average molecular weight is 519 g/mol. The summed E-state index contributed by atoms with van der Waals surface area (Å²) in [6.45, 7) is 7.06. The highest BCUT2D eigenvalue weighted by Gasteiger charge is 2.42. The molecule has 0 heterocycles. The van der Waals surface area contributed by atoms with Gasteiger partial charge in [0.2, 0.25) is 0 Å². The highest BCUT2D eigenvalue weighted by molar-refractivity contribution is 5.82. The van der Waals surface area contributed by atoms with E-state index in [0.717, 1.165) is 34.4 Å². The van der Waals surface area contributed by atoms with Crippen molar-refractivity contribution in [2.45, 2.75) is 11.2 Å². The SMILES string of the molecule is C=CC(=O)OC(COCC(OC(=O)C=C)(c1ccccc1)c1ccccc1)(c1ccccc1)c1ccccc1. The molecule has 4 aromatic rings. The summed E-state index contributed by atoms with van der Waals surface area (Å²) >= 11 is 0. The molecule has 0 aliphatic rings. The Balaban J connectivity index is 1.81. The van der Waals surface area contributed by atoms with Crippen LogP contribution in [-0.2, 0) is 35.0 Å². The molecule has 196 valence electrons. The lowest BCUT2D eigenvalue weighted by molar-refractivity contribution is -0.166. The predicted molar refractivity (Wildman–Crippen MR) is 151 cm³/mol. The van der Waals surface area contributed by atoms with Gasteiger partial charge >= 0.3 is 11.9 Å². The Kier molecular flexibility index (Phi) is 8.87. The van der Waals surface area contributed by atoms with Crippen molar-refractivity contribution in [1.29, 1.82) is 0 Å². The minimum atomic E-state index is -1.30. The van der Waals surface area contributed by atoms with Crippen LogP contribution in [0.2, 0.25) is 0 Å². The summed E-state index contributed by atoms with van der Waals surface area (Å²) < 4.78 is 18.6. The van der Waals surface area contributed by atoms with E-state index in [1.165, 1.54) is 0 Å². The third-order valence-electron chi connectivity index (χ3n) is 6.45. The summed E-state index contributed by atoms with van der Waals surface area (Å²) in [6, 6.07) is 37.6. The van der Waals surface area contributed by atoms with Gasteiger partial charge in [0.05, 0.1) is 13.2 Å². The number of carbonyl (C=O) groups is 2. The van der Waals surface area contributed by atoms with Gasteiger partial charge in [-0.25, -0.2) is 9.59 Å². The maximum atomic E-state index is 12.7. The molecule has 0 N–H and O–H groups in total. The number of rotatable bonds is 12. The van der Waals surface area contributed by atoms with Gasteiger partial charge in [0.25, 0.3) is 0 Å². The maximum Gasteiger partial charge on any atom is 0.331 e. The van der Waals surface area contributed by atoms with Crippen molar-refractivity contribution in [3.8, 4) is 0 Å². The van der Waals surface area contributed by atoms with Crippen molar-refractivity contribution in [2.75, 3.05) is 13.2 Å². The van der Waals surface area contributed by atoms with E-state index in [1.54, 1.807) is 0 Å². The maximum absolute atomic E-state index is 12.7. The van der Waals surface area contributed by atoms with Gasteiger partial charge in [-0.2, -0.15) is 0 Å². The number of hydrogen-bond donors (Lipinski definition) is 0. The molecule has 0 atom stereocenters. The second-order valence-corrected chi connectivity index (χ2v) is 8.86. The lowest BCUT2D eigenvalue weighted by Gasteiger charge is -2.37. The fourth-order valence-corrected chi connectivity index (χ4v) is 4.56. The van der Waals surface area contributed by atoms with Gasteiger partial charge in [-0.3, -0.25) is 0 Å². The molecular weight excluding hydrogens is 488 g/mol. The van der Waals surface area contributed by atoms with Crippen molar-refractivity contribution in [1.82, 2.24) is 0 Å². The molecule has 0 radical (unpaired) electrons. The van der Waals surface area contributed by atoms with Crippen molar-refractivity contribution >= 4 is 11.9 Å². The summed E-state index contributed by atoms with van der Waals surface area (Å²) in [5.74, 6) is -1.19. The number of benzene rings is 4. The second kappa shape index (κ2) is 12.7. The molecular formula is C34H30O5. The minimum absolute atomic E-state index is 0.0618. The Morgan fingerprint density at radius 2 is 0.769 bits per heavy atom. The molecule has 0 spiro atoms. The van der Waals surface area contributed by atoms with Crippen LogP contribution in [0.15, 0.2) is 147 Å². The Hall–Kier alpha value is -4.74. The second-order valence-electron chi connectivity index (χ2n) is 8.86. The fourth-order valence-electron chi connectivity index (χ4n) is 4.56. The Morgan fingerprint density at radius 3 is 1.00 bits per heavy atom. The minimum Gasteiger partial charge on any atom is -0.444 e. The summed E-state index contributed by atoms with van der Waals surface area (Å²) in [7, 11) is 0. The zero-order chi connectivity index (χ0) is 27.6. The summed E-state index contributed by atoms with van der Waals surface area (Å²) in [6.07, 6.45) is 2.26. The summed E-state index contributed by atoms with van der Waals surface area (Å²) in [5, 5.41) is 0. The van der Waals surface area contributed by atoms with Gasteiger partial charge in [0, 0.05) is 34.4 Å². The van der Waals surface area contributed by atoms with Gasteiger partial charge in [0.1, 0.15) is 0 Å². The molecule has 0 amide bonds. The fraction of sp³-hybridized carbons (Fsp3) is 0.118. The van der Waals surface area contributed by atoms with Crippen LogP contribution in [0.5, 0.6) is 0 Å². The first-order chi connectivity index (χ1) is 19.0. The first-order valence-electron chi connectivity index (χ1n) is 12.5. The van der Waals surface area contributed by atoms with E-state index < -0.39 is 23.1 Å². The molecule has 0 aliphatic heterocycles. The van der Waals surface area contributed by atoms with Crippen LogP contribution in [-0.4, -0.2) is 25.2 Å². The van der Waals surface area contributed by atoms with E-state index in [2.05, 4.69) is 13.2 Å². The van der Waals surface area contributed by atoms with Crippen LogP contribution in [0.1, 0.15) is 22.3 Å². The van der Waals surface area contributed by atoms with Crippen molar-refractivity contribution in [3.63, 3.8) is 0 Å². The predicted octanol–water partition coefficient (Wildman–Crippen LogP) is 6.35. The van der Waals surface area contributed by atoms with Crippen LogP contribution in [0.25, 0.3) is 0 Å². The number of hydrogen-bond acceptors (Lipinski definition) is 5. The Morgan fingerprint density at radius 1 is 0.513 bits per heavy atom. The quantitative estimate of drug-likeness (QED) is 0.162. The van der Waals surface area contributed by atoms with Crippen molar-refractivity contribution in [2.24, 2.45) is 0 Å². The summed E-state index contributed by atoms with van der Waals surface area (Å²) in [5.41, 5.74) is 0.295. The first-order valence-corrected chi connectivity index (χ1v) is 12.5. The smallest absolute Gasteiger partial charge is 0.331 e. The number of esters is 2. The monoisotopic (exact) mass is 518 g/mol. The lowest BCUT2D eigenvalue weighted by atomic mass is 9.85. The van der Waals surface area contributed by atoms with Crippen molar-refractivity contribution < 1.29 is 23.8 Å². The van der Waals surface area contributed by atoms with Gasteiger partial charge in [0.15, 0.2) is 11.2 Å². The van der Waals surface area contributed by atoms with E-state index in [9.17, 15) is 9.59 Å². The van der Waals surface area contributed by atoms with E-state index in [-0.39, 0.29) is 13.2 Å². The van der Waals surface area contributed by atoms with Crippen LogP contribution in [0, 0.1) is 0 Å². The zero-order valence-corrected chi connectivity index (χ0v) is 21.6. The molecule has 0 aromatic heterocycles. The number of ether oxygens (including phenoxy) is 3. The zero-order valence-electron chi connectivity index (χ0n) is 21.6. The van der Waals surface area contributed by atoms with Crippen molar-refractivity contribution in [3.05, 3.63) is 169 Å². The van der Waals surface area contributed by atoms with E-state index in [1.807, 2.05) is 121 Å². The van der Waals surface area contributed by atoms with Gasteiger partial charge in [-0.05, 0) is 0 Å². The molecule has 0 saturated heterocycles. The third kappa shape index (κ3) is 6.06. The first kappa shape index (κ1) is 27.3. The highest BCUT2D eigenvalue weighted by atomic mass is 16.6. The molecule has 0 bridgehead atoms. The Bertz CT molecular complexity index is 1190. The van der Waals surface area contributed by atoms with Gasteiger partial charge in [-0.15, -0.1) is 0 Å². The molecule has 39 heavy (non-hydrogen) atoms. The van der Waals surface area contributed by atoms with Crippen LogP contribution in [0.4, 0.5) is 0 Å². The standard InChI is InChI=1S/C34H30O5/c1-3-31(35)38-33(27-17-9-5-10-18-27,28-19-11-6-12-20-28)25-37-26-34(39-32(36)4-2,29-21-13-7-14-22-29)30-23-15-8-16-24-30/h3-24H,1-2,25-26H2. The van der Waals surface area contributed by atoms with E-state index in [0.29, 0.717) is 0 Å². The molecule has 0 aliphatic carbocycles. The molecule has 4 aromatic carbocycles. The molecule has 0 saturated carbocycles. The molecule has 0 unspecified atom stereocenters. The van der Waals surface area contributed by atoms with Crippen LogP contribution in [0.3, 0.4) is 0 Å². The Labute approximate surface area is 229 Å². The lowest BCUT2D eigenvalue weighted by Crippen LogP contribution is -2.43. The average Bonchev–Trinajstić information content (AvgIpc) is 3.01. The third-order valence-corrected chi connectivity index (χ3v) is 6.45. The molecule has 0 fully saturated rings. The van der Waals surface area contributed by atoms with E-state index in [4.69, 9.17) is 14.2 Å². The largest absolute Gasteiger partial charge is 0.444 e. The number of carbonyl (C=O) groups excluding carboxylic acids is 2. The summed E-state index contributed by atoms with van der Waals surface area (Å²) in [4.78, 5) is 25.4.